The molecule has 0 atom stereocenters. The second-order valence-electron chi connectivity index (χ2n) is 16.6. The molecule has 0 unspecified atom stereocenters. The van der Waals surface area contributed by atoms with Gasteiger partial charge in [-0.05, 0) is 131 Å². The van der Waals surface area contributed by atoms with E-state index >= 15 is 0 Å². The van der Waals surface area contributed by atoms with Crippen LogP contribution in [0.1, 0.15) is 0 Å². The number of furan rings is 1. The first-order valence-electron chi connectivity index (χ1n) is 22.0. The molecule has 0 amide bonds. The van der Waals surface area contributed by atoms with E-state index in [0.717, 1.165) is 67.0 Å². The van der Waals surface area contributed by atoms with Crippen molar-refractivity contribution in [1.29, 1.82) is 0 Å². The maximum Gasteiger partial charge on any atom is 0.135 e. The van der Waals surface area contributed by atoms with Gasteiger partial charge >= 0.3 is 0 Å². The van der Waals surface area contributed by atoms with Gasteiger partial charge in [0, 0.05) is 59.8 Å². The van der Waals surface area contributed by atoms with Crippen molar-refractivity contribution in [3.05, 3.63) is 237 Å². The molecule has 0 radical (unpaired) electrons. The van der Waals surface area contributed by atoms with Crippen molar-refractivity contribution in [3.8, 4) is 27.9 Å². The third-order valence-electron chi connectivity index (χ3n) is 12.7. The molecule has 10 aromatic carbocycles. The summed E-state index contributed by atoms with van der Waals surface area (Å²) < 4.78 is 8.61. The minimum atomic E-state index is 0.902. The third-order valence-corrected chi connectivity index (χ3v) is 13.9. The molecule has 12 aromatic rings. The number of nitrogens with zero attached hydrogens (tertiary/aromatic N) is 3. The lowest BCUT2D eigenvalue weighted by Crippen LogP contribution is -2.16. The van der Waals surface area contributed by atoms with E-state index in [4.69, 9.17) is 4.42 Å². The molecule has 0 aliphatic carbocycles. The number of rotatable bonds is 7. The van der Waals surface area contributed by atoms with Crippen molar-refractivity contribution in [2.45, 2.75) is 9.79 Å². The van der Waals surface area contributed by atoms with Crippen LogP contribution in [0.5, 0.6) is 0 Å². The Morgan fingerprint density at radius 3 is 1.74 bits per heavy atom. The number of anilines is 6. The average Bonchev–Trinajstić information content (AvgIpc) is 3.91. The summed E-state index contributed by atoms with van der Waals surface area (Å²) in [7, 11) is 0. The SMILES string of the molecule is c1ccc(-c2ccc(N(c3ccc4c(c3)Sc3ccccc3N4c3ccccc3)c3ccc4c5cc(-c6ccc7oc8ccccc8c7c6)ccc5n(-c5ccccc5)c4c3)cc2)cc1. The fourth-order valence-electron chi connectivity index (χ4n) is 9.71. The Morgan fingerprint density at radius 2 is 0.923 bits per heavy atom. The lowest BCUT2D eigenvalue weighted by Gasteiger charge is -2.34. The summed E-state index contributed by atoms with van der Waals surface area (Å²) in [4.78, 5) is 7.22. The number of para-hydroxylation sites is 4. The molecule has 306 valence electrons. The fraction of sp³-hybridized carbons (Fsp3) is 0. The van der Waals surface area contributed by atoms with Crippen LogP contribution in [0.25, 0.3) is 71.7 Å². The molecule has 0 N–H and O–H groups in total. The summed E-state index contributed by atoms with van der Waals surface area (Å²) in [5, 5.41) is 4.66. The topological polar surface area (TPSA) is 24.6 Å². The molecule has 1 aliphatic rings. The number of hydrogen-bond donors (Lipinski definition) is 0. The molecular weight excluding hydrogens is 811 g/mol. The molecule has 2 aromatic heterocycles. The predicted molar refractivity (Wildman–Crippen MR) is 272 cm³/mol. The van der Waals surface area contributed by atoms with Gasteiger partial charge in [0.05, 0.1) is 22.4 Å². The van der Waals surface area contributed by atoms with Crippen LogP contribution < -0.4 is 9.80 Å². The predicted octanol–water partition coefficient (Wildman–Crippen LogP) is 17.4. The second kappa shape index (κ2) is 15.2. The molecular formula is C60H39N3OS. The Balaban J connectivity index is 0.991. The highest BCUT2D eigenvalue weighted by atomic mass is 32.2. The Bertz CT molecular complexity index is 3750. The summed E-state index contributed by atoms with van der Waals surface area (Å²) in [5.74, 6) is 0. The highest BCUT2D eigenvalue weighted by Crippen LogP contribution is 2.53. The van der Waals surface area contributed by atoms with Gasteiger partial charge in [-0.1, -0.05) is 139 Å². The molecule has 0 saturated carbocycles. The van der Waals surface area contributed by atoms with Crippen LogP contribution in [0.4, 0.5) is 34.1 Å². The van der Waals surface area contributed by atoms with Crippen LogP contribution >= 0.6 is 11.8 Å². The standard InChI is InChI=1S/C60H39N3OS/c1-4-14-40(15-5-1)41-24-28-46(29-25-41)61(48-31-34-55-60(39-48)65-59-23-13-11-21-54(59)63(55)45-18-8-3-9-19-45)47-30-32-49-51-36-42(26-33-53(51)62(56(49)38-47)44-16-6-2-7-17-44)43-27-35-58-52(37-43)50-20-10-12-22-57(50)64-58/h1-39H. The van der Waals surface area contributed by atoms with Gasteiger partial charge in [0.1, 0.15) is 11.2 Å². The minimum absolute atomic E-state index is 0.902. The molecule has 5 heteroatoms. The monoisotopic (exact) mass is 849 g/mol. The summed E-state index contributed by atoms with van der Waals surface area (Å²) in [5.41, 5.74) is 16.7. The zero-order valence-electron chi connectivity index (χ0n) is 35.2. The molecule has 0 bridgehead atoms. The third kappa shape index (κ3) is 6.31. The number of aromatic nitrogens is 1. The Hall–Kier alpha value is -8.25. The van der Waals surface area contributed by atoms with E-state index in [1.807, 2.05) is 23.9 Å². The Labute approximate surface area is 380 Å². The van der Waals surface area contributed by atoms with Gasteiger partial charge in [0.2, 0.25) is 0 Å². The molecule has 4 nitrogen and oxygen atoms in total. The molecule has 0 saturated heterocycles. The van der Waals surface area contributed by atoms with Crippen molar-refractivity contribution in [3.63, 3.8) is 0 Å². The van der Waals surface area contributed by atoms with Gasteiger partial charge in [-0.3, -0.25) is 0 Å². The van der Waals surface area contributed by atoms with Gasteiger partial charge in [-0.2, -0.15) is 0 Å². The quantitative estimate of drug-likeness (QED) is 0.159. The maximum atomic E-state index is 6.20. The first-order valence-corrected chi connectivity index (χ1v) is 22.8. The molecule has 13 rings (SSSR count). The van der Waals surface area contributed by atoms with Gasteiger partial charge < -0.3 is 18.8 Å². The lowest BCUT2D eigenvalue weighted by molar-refractivity contribution is 0.669. The molecule has 1 aliphatic heterocycles. The van der Waals surface area contributed by atoms with Gasteiger partial charge in [-0.15, -0.1) is 0 Å². The summed E-state index contributed by atoms with van der Waals surface area (Å²) in [6, 6.07) is 85.3. The van der Waals surface area contributed by atoms with E-state index in [-0.39, 0.29) is 0 Å². The van der Waals surface area contributed by atoms with Gasteiger partial charge in [-0.25, -0.2) is 0 Å². The van der Waals surface area contributed by atoms with Crippen molar-refractivity contribution >= 4 is 89.6 Å². The van der Waals surface area contributed by atoms with Crippen LogP contribution in [0.15, 0.2) is 251 Å². The summed E-state index contributed by atoms with van der Waals surface area (Å²) in [6.45, 7) is 0. The van der Waals surface area contributed by atoms with E-state index in [9.17, 15) is 0 Å². The van der Waals surface area contributed by atoms with Crippen LogP contribution in [0.3, 0.4) is 0 Å². The first-order chi connectivity index (χ1) is 32.2. The van der Waals surface area contributed by atoms with Crippen molar-refractivity contribution in [2.75, 3.05) is 9.80 Å². The molecule has 65 heavy (non-hydrogen) atoms. The summed E-state index contributed by atoms with van der Waals surface area (Å²) >= 11 is 1.83. The number of fused-ring (bicyclic) bond motifs is 8. The maximum absolute atomic E-state index is 6.20. The van der Waals surface area contributed by atoms with Crippen LogP contribution in [-0.2, 0) is 0 Å². The van der Waals surface area contributed by atoms with E-state index in [2.05, 4.69) is 239 Å². The molecule has 0 spiro atoms. The van der Waals surface area contributed by atoms with E-state index in [1.54, 1.807) is 0 Å². The molecule has 3 heterocycles. The Morgan fingerprint density at radius 1 is 0.338 bits per heavy atom. The zero-order valence-corrected chi connectivity index (χ0v) is 36.0. The Kier molecular flexibility index (Phi) is 8.74. The average molecular weight is 850 g/mol. The van der Waals surface area contributed by atoms with Crippen molar-refractivity contribution < 1.29 is 4.42 Å². The van der Waals surface area contributed by atoms with Crippen molar-refractivity contribution in [2.24, 2.45) is 0 Å². The first kappa shape index (κ1) is 37.3. The van der Waals surface area contributed by atoms with E-state index in [1.165, 1.54) is 48.6 Å². The molecule has 0 fully saturated rings. The zero-order chi connectivity index (χ0) is 42.8. The smallest absolute Gasteiger partial charge is 0.135 e. The highest BCUT2D eigenvalue weighted by molar-refractivity contribution is 7.99. The van der Waals surface area contributed by atoms with Gasteiger partial charge in [0.25, 0.3) is 0 Å². The number of hydrogen-bond acceptors (Lipinski definition) is 4. The van der Waals surface area contributed by atoms with Crippen LogP contribution in [0, 0.1) is 0 Å². The van der Waals surface area contributed by atoms with Gasteiger partial charge in [0.15, 0.2) is 0 Å². The van der Waals surface area contributed by atoms with E-state index < -0.39 is 0 Å². The van der Waals surface area contributed by atoms with Crippen LogP contribution in [-0.4, -0.2) is 4.57 Å². The van der Waals surface area contributed by atoms with E-state index in [0.29, 0.717) is 0 Å². The largest absolute Gasteiger partial charge is 0.456 e. The lowest BCUT2D eigenvalue weighted by atomic mass is 10.0. The minimum Gasteiger partial charge on any atom is -0.456 e. The number of benzene rings is 10. The van der Waals surface area contributed by atoms with Crippen LogP contribution in [0.2, 0.25) is 0 Å². The second-order valence-corrected chi connectivity index (χ2v) is 17.6. The van der Waals surface area contributed by atoms with Crippen molar-refractivity contribution in [1.82, 2.24) is 4.57 Å². The highest BCUT2D eigenvalue weighted by Gasteiger charge is 2.27. The normalized spacial score (nSPS) is 12.2. The fourth-order valence-corrected chi connectivity index (χ4v) is 10.8. The summed E-state index contributed by atoms with van der Waals surface area (Å²) in [6.07, 6.45) is 0.